The van der Waals surface area contributed by atoms with E-state index in [1.807, 2.05) is 0 Å². The highest BCUT2D eigenvalue weighted by molar-refractivity contribution is 6.04. The average molecular weight is 389 g/mol. The molecular formula is C15H9F6N5O. The van der Waals surface area contributed by atoms with Gasteiger partial charge in [0.25, 0.3) is 5.91 Å². The van der Waals surface area contributed by atoms with Crippen LogP contribution in [0.4, 0.5) is 26.3 Å². The molecule has 0 aliphatic heterocycles. The molecule has 3 aromatic rings. The Labute approximate surface area is 146 Å². The molecule has 1 unspecified atom stereocenters. The smallest absolute Gasteiger partial charge is 0.336 e. The Morgan fingerprint density at radius 2 is 1.81 bits per heavy atom. The number of aromatic nitrogens is 4. The van der Waals surface area contributed by atoms with Gasteiger partial charge in [0.1, 0.15) is 23.0 Å². The Hall–Kier alpha value is -3.18. The van der Waals surface area contributed by atoms with Gasteiger partial charge in [-0.15, -0.1) is 5.10 Å². The van der Waals surface area contributed by atoms with Crippen molar-refractivity contribution in [3.8, 4) is 0 Å². The Kier molecular flexibility index (Phi) is 4.49. The Bertz CT molecular complexity index is 1010. The van der Waals surface area contributed by atoms with Crippen LogP contribution < -0.4 is 5.32 Å². The second kappa shape index (κ2) is 6.52. The maximum atomic E-state index is 13.8. The van der Waals surface area contributed by atoms with Crippen LogP contribution in [0.15, 0.2) is 24.4 Å². The molecule has 27 heavy (non-hydrogen) atoms. The minimum atomic E-state index is -5.26. The zero-order valence-electron chi connectivity index (χ0n) is 13.4. The molecule has 0 saturated carbocycles. The lowest BCUT2D eigenvalue weighted by atomic mass is 10.0. The molecule has 1 aromatic carbocycles. The van der Waals surface area contributed by atoms with E-state index in [1.54, 1.807) is 0 Å². The number of carbonyl (C=O) groups excluding carboxylic acids is 1. The predicted octanol–water partition coefficient (Wildman–Crippen LogP) is 2.81. The number of halogens is 6. The maximum Gasteiger partial charge on any atom is 0.413 e. The summed E-state index contributed by atoms with van der Waals surface area (Å²) in [6.07, 6.45) is -4.12. The van der Waals surface area contributed by atoms with E-state index < -0.39 is 41.1 Å². The van der Waals surface area contributed by atoms with Crippen LogP contribution in [0, 0.1) is 17.5 Å². The predicted molar refractivity (Wildman–Crippen MR) is 78.9 cm³/mol. The van der Waals surface area contributed by atoms with Crippen molar-refractivity contribution in [1.29, 1.82) is 0 Å². The van der Waals surface area contributed by atoms with Gasteiger partial charge in [-0.05, 0) is 6.07 Å². The number of benzene rings is 1. The third-order valence-electron chi connectivity index (χ3n) is 3.67. The van der Waals surface area contributed by atoms with E-state index in [2.05, 4.69) is 15.3 Å². The van der Waals surface area contributed by atoms with Gasteiger partial charge in [-0.25, -0.2) is 22.8 Å². The summed E-state index contributed by atoms with van der Waals surface area (Å²) >= 11 is 0. The molecule has 3 rings (SSSR count). The SMILES string of the molecule is Cn1nnc2c(C(=O)NC(c3c(F)cc(F)cc3F)C(F)(F)F)ccnc21. The molecular weight excluding hydrogens is 380 g/mol. The van der Waals surface area contributed by atoms with Gasteiger partial charge >= 0.3 is 6.18 Å². The van der Waals surface area contributed by atoms with Crippen LogP contribution >= 0.6 is 0 Å². The standard InChI is InChI=1S/C15H9F6N5O/c1-26-13-11(24-25-26)7(2-3-22-13)14(27)23-12(15(19,20)21)10-8(17)4-6(16)5-9(10)18/h2-5,12H,1H3,(H,23,27). The van der Waals surface area contributed by atoms with Gasteiger partial charge < -0.3 is 5.32 Å². The molecule has 12 heteroatoms. The first-order chi connectivity index (χ1) is 12.6. The highest BCUT2D eigenvalue weighted by Gasteiger charge is 2.45. The highest BCUT2D eigenvalue weighted by Crippen LogP contribution is 2.36. The Balaban J connectivity index is 2.05. The number of carbonyl (C=O) groups is 1. The number of nitrogens with one attached hydrogen (secondary N) is 1. The number of fused-ring (bicyclic) bond motifs is 1. The van der Waals surface area contributed by atoms with Gasteiger partial charge in [-0.1, -0.05) is 5.21 Å². The van der Waals surface area contributed by atoms with Gasteiger partial charge in [0.15, 0.2) is 11.7 Å². The van der Waals surface area contributed by atoms with Crippen LogP contribution in [0.5, 0.6) is 0 Å². The molecule has 0 aliphatic rings. The minimum Gasteiger partial charge on any atom is -0.336 e. The number of hydrogen-bond acceptors (Lipinski definition) is 4. The Morgan fingerprint density at radius 3 is 2.41 bits per heavy atom. The second-order valence-electron chi connectivity index (χ2n) is 5.47. The normalized spacial score (nSPS) is 13.0. The van der Waals surface area contributed by atoms with Crippen molar-refractivity contribution in [3.63, 3.8) is 0 Å². The summed E-state index contributed by atoms with van der Waals surface area (Å²) in [6, 6.07) is -1.78. The molecule has 0 fully saturated rings. The molecule has 0 aliphatic carbocycles. The fourth-order valence-electron chi connectivity index (χ4n) is 2.47. The lowest BCUT2D eigenvalue weighted by Crippen LogP contribution is -2.39. The lowest BCUT2D eigenvalue weighted by molar-refractivity contribution is -0.156. The molecule has 142 valence electrons. The van der Waals surface area contributed by atoms with Crippen molar-refractivity contribution < 1.29 is 31.1 Å². The zero-order chi connectivity index (χ0) is 19.9. The molecule has 1 atom stereocenters. The number of alkyl halides is 3. The zero-order valence-corrected chi connectivity index (χ0v) is 13.4. The van der Waals surface area contributed by atoms with E-state index >= 15 is 0 Å². The highest BCUT2D eigenvalue weighted by atomic mass is 19.4. The largest absolute Gasteiger partial charge is 0.413 e. The average Bonchev–Trinajstić information content (AvgIpc) is 2.93. The van der Waals surface area contributed by atoms with E-state index in [0.29, 0.717) is 0 Å². The summed E-state index contributed by atoms with van der Waals surface area (Å²) in [4.78, 5) is 16.2. The number of hydrogen-bond donors (Lipinski definition) is 1. The van der Waals surface area contributed by atoms with Crippen LogP contribution in [-0.4, -0.2) is 32.1 Å². The van der Waals surface area contributed by atoms with E-state index in [9.17, 15) is 31.1 Å². The first kappa shape index (κ1) is 18.6. The summed E-state index contributed by atoms with van der Waals surface area (Å²) in [7, 11) is 1.45. The van der Waals surface area contributed by atoms with Crippen LogP contribution in [0.2, 0.25) is 0 Å². The third kappa shape index (κ3) is 3.41. The van der Waals surface area contributed by atoms with Crippen molar-refractivity contribution in [2.24, 2.45) is 7.05 Å². The monoisotopic (exact) mass is 389 g/mol. The topological polar surface area (TPSA) is 72.7 Å². The number of nitrogens with zero attached hydrogens (tertiary/aromatic N) is 4. The van der Waals surface area contributed by atoms with E-state index in [0.717, 1.165) is 12.3 Å². The van der Waals surface area contributed by atoms with Gasteiger partial charge in [0.2, 0.25) is 0 Å². The third-order valence-corrected chi connectivity index (χ3v) is 3.67. The maximum absolute atomic E-state index is 13.8. The van der Waals surface area contributed by atoms with Gasteiger partial charge in [0.05, 0.1) is 11.1 Å². The summed E-state index contributed by atoms with van der Waals surface area (Å²) in [6.45, 7) is 0. The molecule has 2 heterocycles. The number of amides is 1. The van der Waals surface area contributed by atoms with Crippen molar-refractivity contribution in [2.45, 2.75) is 12.2 Å². The second-order valence-corrected chi connectivity index (χ2v) is 5.47. The van der Waals surface area contributed by atoms with Crippen molar-refractivity contribution in [1.82, 2.24) is 25.3 Å². The molecule has 0 bridgehead atoms. The molecule has 1 N–H and O–H groups in total. The van der Waals surface area contributed by atoms with Gasteiger partial charge in [0, 0.05) is 25.4 Å². The molecule has 6 nitrogen and oxygen atoms in total. The van der Waals surface area contributed by atoms with E-state index in [4.69, 9.17) is 0 Å². The molecule has 0 saturated heterocycles. The van der Waals surface area contributed by atoms with Gasteiger partial charge in [-0.2, -0.15) is 13.2 Å². The first-order valence-corrected chi connectivity index (χ1v) is 7.26. The molecule has 0 spiro atoms. The summed E-state index contributed by atoms with van der Waals surface area (Å²) in [5.74, 6) is -6.27. The summed E-state index contributed by atoms with van der Waals surface area (Å²) < 4.78 is 82.0. The van der Waals surface area contributed by atoms with Crippen LogP contribution in [-0.2, 0) is 7.05 Å². The fourth-order valence-corrected chi connectivity index (χ4v) is 2.47. The van der Waals surface area contributed by atoms with E-state index in [1.165, 1.54) is 17.0 Å². The van der Waals surface area contributed by atoms with Crippen LogP contribution in [0.3, 0.4) is 0 Å². The van der Waals surface area contributed by atoms with Gasteiger partial charge in [-0.3, -0.25) is 4.79 Å². The lowest BCUT2D eigenvalue weighted by Gasteiger charge is -2.23. The summed E-state index contributed by atoms with van der Waals surface area (Å²) in [5.41, 5.74) is -1.84. The van der Waals surface area contributed by atoms with Crippen LogP contribution in [0.1, 0.15) is 22.0 Å². The Morgan fingerprint density at radius 1 is 1.19 bits per heavy atom. The van der Waals surface area contributed by atoms with Crippen molar-refractivity contribution in [3.05, 3.63) is 53.0 Å². The van der Waals surface area contributed by atoms with Crippen LogP contribution in [0.25, 0.3) is 11.2 Å². The fraction of sp³-hybridized carbons (Fsp3) is 0.200. The van der Waals surface area contributed by atoms with Crippen molar-refractivity contribution >= 4 is 17.1 Å². The molecule has 1 amide bonds. The number of rotatable bonds is 3. The van der Waals surface area contributed by atoms with E-state index in [-0.39, 0.29) is 28.9 Å². The molecule has 0 radical (unpaired) electrons. The first-order valence-electron chi connectivity index (χ1n) is 7.26. The minimum absolute atomic E-state index is 0.0939. The number of aryl methyl sites for hydroxylation is 1. The van der Waals surface area contributed by atoms with Crippen molar-refractivity contribution in [2.75, 3.05) is 0 Å². The quantitative estimate of drug-likeness (QED) is 0.700. The number of pyridine rings is 1. The summed E-state index contributed by atoms with van der Waals surface area (Å²) in [5, 5.41) is 8.76. The molecule has 2 aromatic heterocycles.